The first-order valence-electron chi connectivity index (χ1n) is 8.13. The number of fused-ring (bicyclic) bond motifs is 1. The van der Waals surface area contributed by atoms with Gasteiger partial charge in [-0.05, 0) is 35.4 Å². The molecule has 2 heterocycles. The summed E-state index contributed by atoms with van der Waals surface area (Å²) < 4.78 is 5.77. The van der Waals surface area contributed by atoms with Crippen molar-refractivity contribution in [3.8, 4) is 11.5 Å². The quantitative estimate of drug-likeness (QED) is 0.550. The van der Waals surface area contributed by atoms with E-state index in [2.05, 4.69) is 9.97 Å². The van der Waals surface area contributed by atoms with Gasteiger partial charge in [-0.1, -0.05) is 36.4 Å². The van der Waals surface area contributed by atoms with Gasteiger partial charge in [-0.2, -0.15) is 0 Å². The third-order valence-corrected chi connectivity index (χ3v) is 4.01. The maximum Gasteiger partial charge on any atom is 0.228 e. The van der Waals surface area contributed by atoms with Crippen molar-refractivity contribution in [1.82, 2.24) is 9.97 Å². The summed E-state index contributed by atoms with van der Waals surface area (Å²) in [7, 11) is 0. The third kappa shape index (κ3) is 3.48. The number of hydrogen-bond donors (Lipinski definition) is 0. The van der Waals surface area contributed by atoms with Gasteiger partial charge in [0, 0.05) is 25.2 Å². The highest BCUT2D eigenvalue weighted by atomic mass is 16.3. The van der Waals surface area contributed by atoms with Crippen LogP contribution in [0.25, 0.3) is 22.6 Å². The Morgan fingerprint density at radius 2 is 1.76 bits per heavy atom. The maximum atomic E-state index is 12.3. The summed E-state index contributed by atoms with van der Waals surface area (Å²) in [5, 5.41) is 0. The topological polar surface area (TPSA) is 56.0 Å². The summed E-state index contributed by atoms with van der Waals surface area (Å²) in [4.78, 5) is 20.9. The molecule has 0 N–H and O–H groups in total. The number of carbonyl (C=O) groups is 1. The van der Waals surface area contributed by atoms with E-state index < -0.39 is 0 Å². The number of carbonyl (C=O) groups excluding carboxylic acids is 1. The van der Waals surface area contributed by atoms with Crippen LogP contribution in [0.4, 0.5) is 0 Å². The van der Waals surface area contributed by atoms with Crippen LogP contribution in [-0.4, -0.2) is 15.8 Å². The van der Waals surface area contributed by atoms with Crippen LogP contribution in [0, 0.1) is 0 Å². The minimum absolute atomic E-state index is 0.182. The second kappa shape index (κ2) is 6.69. The van der Waals surface area contributed by atoms with Gasteiger partial charge in [-0.3, -0.25) is 9.78 Å². The molecule has 0 radical (unpaired) electrons. The van der Waals surface area contributed by atoms with Crippen molar-refractivity contribution in [1.29, 1.82) is 0 Å². The van der Waals surface area contributed by atoms with Gasteiger partial charge in [0.05, 0.1) is 5.56 Å². The minimum Gasteiger partial charge on any atom is -0.436 e. The second-order valence-electron chi connectivity index (χ2n) is 5.94. The summed E-state index contributed by atoms with van der Waals surface area (Å²) in [5.74, 6) is 0.720. The average molecular weight is 328 g/mol. The zero-order valence-electron chi connectivity index (χ0n) is 13.6. The molecule has 122 valence electrons. The van der Waals surface area contributed by atoms with Crippen molar-refractivity contribution in [2.24, 2.45) is 0 Å². The van der Waals surface area contributed by atoms with Crippen LogP contribution >= 0.6 is 0 Å². The fourth-order valence-electron chi connectivity index (χ4n) is 2.81. The van der Waals surface area contributed by atoms with E-state index in [0.29, 0.717) is 24.3 Å². The van der Waals surface area contributed by atoms with Crippen molar-refractivity contribution in [2.45, 2.75) is 12.8 Å². The Bertz CT molecular complexity index is 1010. The lowest BCUT2D eigenvalue weighted by molar-refractivity contribution is -0.117. The number of pyridine rings is 1. The Kier molecular flexibility index (Phi) is 4.09. The monoisotopic (exact) mass is 328 g/mol. The average Bonchev–Trinajstić information content (AvgIpc) is 3.06. The Morgan fingerprint density at radius 1 is 0.920 bits per heavy atom. The molecule has 0 saturated carbocycles. The van der Waals surface area contributed by atoms with Gasteiger partial charge < -0.3 is 4.42 Å². The van der Waals surface area contributed by atoms with Gasteiger partial charge in [0.15, 0.2) is 5.58 Å². The number of benzene rings is 2. The van der Waals surface area contributed by atoms with Crippen molar-refractivity contribution in [3.05, 3.63) is 84.2 Å². The Balaban J connectivity index is 1.54. The summed E-state index contributed by atoms with van der Waals surface area (Å²) in [6.07, 6.45) is 4.26. The first kappa shape index (κ1) is 15.3. The Labute approximate surface area is 145 Å². The molecule has 0 atom stereocenters. The molecule has 0 aliphatic rings. The SMILES string of the molecule is O=C(Cc1ccccc1)Cc1ccc2oc(-c3cccnc3)nc2c1. The molecule has 0 saturated heterocycles. The van der Waals surface area contributed by atoms with Crippen LogP contribution < -0.4 is 0 Å². The number of rotatable bonds is 5. The molecule has 2 aromatic heterocycles. The van der Waals surface area contributed by atoms with Crippen LogP contribution in [0.15, 0.2) is 77.5 Å². The van der Waals surface area contributed by atoms with Gasteiger partial charge in [0.25, 0.3) is 0 Å². The van der Waals surface area contributed by atoms with Crippen molar-refractivity contribution in [2.75, 3.05) is 0 Å². The molecule has 4 rings (SSSR count). The molecule has 0 spiro atoms. The van der Waals surface area contributed by atoms with E-state index in [4.69, 9.17) is 4.42 Å². The first-order valence-corrected chi connectivity index (χ1v) is 8.13. The summed E-state index contributed by atoms with van der Waals surface area (Å²) in [6.45, 7) is 0. The van der Waals surface area contributed by atoms with Crippen LogP contribution in [-0.2, 0) is 17.6 Å². The highest BCUT2D eigenvalue weighted by Crippen LogP contribution is 2.24. The third-order valence-electron chi connectivity index (χ3n) is 4.01. The molecule has 0 amide bonds. The van der Waals surface area contributed by atoms with E-state index in [-0.39, 0.29) is 5.78 Å². The lowest BCUT2D eigenvalue weighted by Crippen LogP contribution is -2.06. The zero-order valence-corrected chi connectivity index (χ0v) is 13.6. The standard InChI is InChI=1S/C21H16N2O2/c24-18(11-15-5-2-1-3-6-15)12-16-8-9-20-19(13-16)23-21(25-20)17-7-4-10-22-14-17/h1-10,13-14H,11-12H2. The normalized spacial score (nSPS) is 10.9. The highest BCUT2D eigenvalue weighted by Gasteiger charge is 2.11. The fourth-order valence-corrected chi connectivity index (χ4v) is 2.81. The molecule has 25 heavy (non-hydrogen) atoms. The molecule has 2 aromatic carbocycles. The van der Waals surface area contributed by atoms with E-state index in [1.54, 1.807) is 12.4 Å². The Morgan fingerprint density at radius 3 is 2.56 bits per heavy atom. The van der Waals surface area contributed by atoms with Crippen molar-refractivity contribution in [3.63, 3.8) is 0 Å². The fraction of sp³-hybridized carbons (Fsp3) is 0.0952. The van der Waals surface area contributed by atoms with E-state index in [1.165, 1.54) is 0 Å². The van der Waals surface area contributed by atoms with Gasteiger partial charge in [0.2, 0.25) is 5.89 Å². The smallest absolute Gasteiger partial charge is 0.228 e. The predicted molar refractivity (Wildman–Crippen MR) is 96.1 cm³/mol. The molecule has 0 fully saturated rings. The van der Waals surface area contributed by atoms with Gasteiger partial charge in [0.1, 0.15) is 11.3 Å². The highest BCUT2D eigenvalue weighted by molar-refractivity contribution is 5.85. The Hall–Kier alpha value is -3.27. The van der Waals surface area contributed by atoms with Crippen molar-refractivity contribution >= 4 is 16.9 Å². The molecule has 4 nitrogen and oxygen atoms in total. The summed E-state index contributed by atoms with van der Waals surface area (Å²) in [5.41, 5.74) is 4.27. The van der Waals surface area contributed by atoms with Crippen LogP contribution in [0.3, 0.4) is 0 Å². The zero-order chi connectivity index (χ0) is 17.1. The number of Topliss-reactive ketones (excluding diaryl/α,β-unsaturated/α-hetero) is 1. The van der Waals surface area contributed by atoms with E-state index in [0.717, 1.165) is 22.2 Å². The van der Waals surface area contributed by atoms with Crippen LogP contribution in [0.1, 0.15) is 11.1 Å². The lowest BCUT2D eigenvalue weighted by atomic mass is 10.0. The molecular formula is C21H16N2O2. The maximum absolute atomic E-state index is 12.3. The summed E-state index contributed by atoms with van der Waals surface area (Å²) >= 11 is 0. The molecule has 0 bridgehead atoms. The first-order chi connectivity index (χ1) is 12.3. The summed E-state index contributed by atoms with van der Waals surface area (Å²) in [6, 6.07) is 19.2. The molecule has 0 unspecified atom stereocenters. The molecule has 4 heteroatoms. The number of aromatic nitrogens is 2. The largest absolute Gasteiger partial charge is 0.436 e. The van der Waals surface area contributed by atoms with Gasteiger partial charge >= 0.3 is 0 Å². The van der Waals surface area contributed by atoms with Crippen molar-refractivity contribution < 1.29 is 9.21 Å². The predicted octanol–water partition coefficient (Wildman–Crippen LogP) is 4.24. The minimum atomic E-state index is 0.182. The van der Waals surface area contributed by atoms with E-state index in [1.807, 2.05) is 60.7 Å². The second-order valence-corrected chi connectivity index (χ2v) is 5.94. The van der Waals surface area contributed by atoms with Crippen LogP contribution in [0.2, 0.25) is 0 Å². The van der Waals surface area contributed by atoms with Crippen LogP contribution in [0.5, 0.6) is 0 Å². The van der Waals surface area contributed by atoms with Gasteiger partial charge in [-0.25, -0.2) is 4.98 Å². The van der Waals surface area contributed by atoms with E-state index in [9.17, 15) is 4.79 Å². The number of hydrogen-bond acceptors (Lipinski definition) is 4. The number of nitrogens with zero attached hydrogens (tertiary/aromatic N) is 2. The number of oxazole rings is 1. The van der Waals surface area contributed by atoms with Gasteiger partial charge in [-0.15, -0.1) is 0 Å². The lowest BCUT2D eigenvalue weighted by Gasteiger charge is -2.01. The van der Waals surface area contributed by atoms with E-state index >= 15 is 0 Å². The molecule has 4 aromatic rings. The molecule has 0 aliphatic heterocycles. The molecular weight excluding hydrogens is 312 g/mol. The number of ketones is 1. The molecule has 0 aliphatic carbocycles.